The van der Waals surface area contributed by atoms with Crippen molar-refractivity contribution in [2.75, 3.05) is 13.2 Å². The largest absolute Gasteiger partial charge is 0.382 e. The summed E-state index contributed by atoms with van der Waals surface area (Å²) in [6.45, 7) is 10.1. The fourth-order valence-corrected chi connectivity index (χ4v) is 4.60. The summed E-state index contributed by atoms with van der Waals surface area (Å²) in [6, 6.07) is 16.2. The summed E-state index contributed by atoms with van der Waals surface area (Å²) in [4.78, 5) is 28.5. The molecule has 35 heavy (non-hydrogen) atoms. The predicted octanol–water partition coefficient (Wildman–Crippen LogP) is 5.53. The van der Waals surface area contributed by atoms with Gasteiger partial charge in [0.05, 0.1) is 11.0 Å². The molecule has 5 rings (SSSR count). The Morgan fingerprint density at radius 2 is 1.66 bits per heavy atom. The zero-order valence-corrected chi connectivity index (χ0v) is 20.8. The van der Waals surface area contributed by atoms with Crippen molar-refractivity contribution >= 4 is 33.2 Å². The van der Waals surface area contributed by atoms with E-state index in [2.05, 4.69) is 38.1 Å². The third-order valence-corrected chi connectivity index (χ3v) is 6.76. The maximum Gasteiger partial charge on any atom is 0.265 e. The van der Waals surface area contributed by atoms with E-state index in [0.29, 0.717) is 53.7 Å². The number of aryl methyl sites for hydroxylation is 1. The van der Waals surface area contributed by atoms with Crippen LogP contribution >= 0.6 is 0 Å². The molecule has 0 saturated carbocycles. The Kier molecular flexibility index (Phi) is 6.34. The van der Waals surface area contributed by atoms with Crippen LogP contribution in [0.4, 0.5) is 0 Å². The summed E-state index contributed by atoms with van der Waals surface area (Å²) in [5, 5.41) is 0.506. The van der Waals surface area contributed by atoms with Gasteiger partial charge in [-0.2, -0.15) is 0 Å². The summed E-state index contributed by atoms with van der Waals surface area (Å²) in [5.74, 6) is 1.15. The van der Waals surface area contributed by atoms with E-state index >= 15 is 0 Å². The lowest BCUT2D eigenvalue weighted by Gasteiger charge is -2.12. The molecular formula is C28H31N5O2. The fraction of sp³-hybridized carbons (Fsp3) is 0.357. The Hall–Kier alpha value is -3.58. The maximum absolute atomic E-state index is 13.8. The smallest absolute Gasteiger partial charge is 0.265 e. The molecule has 0 amide bonds. The second-order valence-corrected chi connectivity index (χ2v) is 8.99. The van der Waals surface area contributed by atoms with Gasteiger partial charge in [0.15, 0.2) is 11.3 Å². The van der Waals surface area contributed by atoms with Crippen LogP contribution in [-0.4, -0.2) is 37.3 Å². The van der Waals surface area contributed by atoms with Crippen molar-refractivity contribution < 1.29 is 4.74 Å². The van der Waals surface area contributed by atoms with Crippen molar-refractivity contribution in [3.8, 4) is 5.69 Å². The molecule has 0 bridgehead atoms. The van der Waals surface area contributed by atoms with Crippen LogP contribution in [0.25, 0.3) is 38.9 Å². The zero-order valence-electron chi connectivity index (χ0n) is 20.8. The molecule has 0 fully saturated rings. The Morgan fingerprint density at radius 3 is 2.34 bits per heavy atom. The van der Waals surface area contributed by atoms with Gasteiger partial charge in [0, 0.05) is 25.4 Å². The molecule has 1 unspecified atom stereocenters. The number of rotatable bonds is 8. The van der Waals surface area contributed by atoms with Crippen molar-refractivity contribution in [3.63, 3.8) is 0 Å². The van der Waals surface area contributed by atoms with Gasteiger partial charge < -0.3 is 4.74 Å². The minimum absolute atomic E-state index is 0.0893. The van der Waals surface area contributed by atoms with E-state index in [-0.39, 0.29) is 5.56 Å². The number of para-hydroxylation sites is 2. The second-order valence-electron chi connectivity index (χ2n) is 8.99. The zero-order chi connectivity index (χ0) is 24.5. The highest BCUT2D eigenvalue weighted by Crippen LogP contribution is 2.29. The monoisotopic (exact) mass is 469 g/mol. The average Bonchev–Trinajstić information content (AvgIpc) is 3.19. The minimum Gasteiger partial charge on any atom is -0.382 e. The maximum atomic E-state index is 13.8. The van der Waals surface area contributed by atoms with Crippen molar-refractivity contribution in [1.29, 1.82) is 0 Å². The Bertz CT molecular complexity index is 1570. The normalized spacial score (nSPS) is 12.7. The number of hydrogen-bond acceptors (Lipinski definition) is 5. The molecule has 180 valence electrons. The molecule has 0 aliphatic heterocycles. The molecule has 0 saturated heterocycles. The summed E-state index contributed by atoms with van der Waals surface area (Å²) >= 11 is 0. The van der Waals surface area contributed by atoms with Crippen LogP contribution < -0.4 is 5.56 Å². The molecule has 0 spiro atoms. The Morgan fingerprint density at radius 1 is 0.943 bits per heavy atom. The number of aromatic nitrogens is 5. The van der Waals surface area contributed by atoms with Gasteiger partial charge in [0.1, 0.15) is 16.7 Å². The lowest BCUT2D eigenvalue weighted by Crippen LogP contribution is -2.24. The highest BCUT2D eigenvalue weighted by Gasteiger charge is 2.22. The van der Waals surface area contributed by atoms with E-state index < -0.39 is 0 Å². The van der Waals surface area contributed by atoms with Gasteiger partial charge >= 0.3 is 0 Å². The molecular weight excluding hydrogens is 438 g/mol. The summed E-state index contributed by atoms with van der Waals surface area (Å²) in [5.41, 5.74) is 5.48. The van der Waals surface area contributed by atoms with Gasteiger partial charge in [-0.1, -0.05) is 38.1 Å². The van der Waals surface area contributed by atoms with Crippen LogP contribution in [0.15, 0.2) is 53.3 Å². The molecule has 0 N–H and O–H groups in total. The first kappa shape index (κ1) is 23.2. The third kappa shape index (κ3) is 4.10. The van der Waals surface area contributed by atoms with Gasteiger partial charge in [-0.05, 0) is 62.4 Å². The second kappa shape index (κ2) is 9.58. The highest BCUT2D eigenvalue weighted by atomic mass is 16.5. The first-order chi connectivity index (χ1) is 17.0. The van der Waals surface area contributed by atoms with Gasteiger partial charge in [0.2, 0.25) is 0 Å². The molecule has 0 aliphatic carbocycles. The third-order valence-electron chi connectivity index (χ3n) is 6.76. The number of fused-ring (bicyclic) bond motifs is 4. The molecule has 7 heteroatoms. The van der Waals surface area contributed by atoms with Crippen LogP contribution in [0.5, 0.6) is 0 Å². The molecule has 5 aromatic rings. The van der Waals surface area contributed by atoms with Crippen molar-refractivity contribution in [3.05, 3.63) is 70.3 Å². The molecule has 0 radical (unpaired) electrons. The first-order valence-electron chi connectivity index (χ1n) is 12.4. The quantitative estimate of drug-likeness (QED) is 0.279. The van der Waals surface area contributed by atoms with Gasteiger partial charge in [-0.15, -0.1) is 0 Å². The van der Waals surface area contributed by atoms with E-state index in [1.807, 2.05) is 42.7 Å². The van der Waals surface area contributed by atoms with Crippen molar-refractivity contribution in [2.45, 2.75) is 53.0 Å². The van der Waals surface area contributed by atoms with Crippen LogP contribution in [0.3, 0.4) is 0 Å². The summed E-state index contributed by atoms with van der Waals surface area (Å²) < 4.78 is 9.18. The van der Waals surface area contributed by atoms with Crippen LogP contribution in [0, 0.1) is 6.92 Å². The van der Waals surface area contributed by atoms with E-state index in [4.69, 9.17) is 19.7 Å². The van der Waals surface area contributed by atoms with Crippen LogP contribution in [0.1, 0.15) is 50.9 Å². The van der Waals surface area contributed by atoms with E-state index in [9.17, 15) is 4.79 Å². The van der Waals surface area contributed by atoms with E-state index in [0.717, 1.165) is 29.6 Å². The van der Waals surface area contributed by atoms with Gasteiger partial charge in [-0.3, -0.25) is 13.9 Å². The van der Waals surface area contributed by atoms with E-state index in [1.165, 1.54) is 5.56 Å². The highest BCUT2D eigenvalue weighted by molar-refractivity contribution is 6.05. The van der Waals surface area contributed by atoms with Crippen molar-refractivity contribution in [2.24, 2.45) is 0 Å². The predicted molar refractivity (Wildman–Crippen MR) is 140 cm³/mol. The fourth-order valence-electron chi connectivity index (χ4n) is 4.60. The summed E-state index contributed by atoms with van der Waals surface area (Å²) in [7, 11) is 0. The lowest BCUT2D eigenvalue weighted by atomic mass is 9.99. The van der Waals surface area contributed by atoms with Crippen molar-refractivity contribution in [1.82, 2.24) is 24.1 Å². The molecule has 3 heterocycles. The van der Waals surface area contributed by atoms with E-state index in [1.54, 1.807) is 4.57 Å². The number of nitrogens with zero attached hydrogens (tertiary/aromatic N) is 5. The Balaban J connectivity index is 1.78. The molecule has 0 aliphatic rings. The molecule has 1 atom stereocenters. The first-order valence-corrected chi connectivity index (χ1v) is 12.4. The number of benzene rings is 2. The van der Waals surface area contributed by atoms with Gasteiger partial charge in [-0.25, -0.2) is 15.0 Å². The minimum atomic E-state index is -0.0893. The average molecular weight is 470 g/mol. The number of hydrogen-bond donors (Lipinski definition) is 0. The molecule has 3 aromatic heterocycles. The van der Waals surface area contributed by atoms with Crippen LogP contribution in [-0.2, 0) is 11.3 Å². The standard InChI is InChI=1S/C28H31N5O2/c1-5-18(3)20-12-14-21(15-13-20)33-26-24(25-27(33)31-23-11-8-7-10-22(23)30-25)28(34)32(19(4)29-26)16-9-17-35-6-2/h7-8,10-15,18H,5-6,9,16-17H2,1-4H3. The molecule has 2 aromatic carbocycles. The number of ether oxygens (including phenoxy) is 1. The van der Waals surface area contributed by atoms with Gasteiger partial charge in [0.25, 0.3) is 5.56 Å². The topological polar surface area (TPSA) is 74.8 Å². The molecule has 7 nitrogen and oxygen atoms in total. The lowest BCUT2D eigenvalue weighted by molar-refractivity contribution is 0.141. The van der Waals surface area contributed by atoms with Crippen LogP contribution in [0.2, 0.25) is 0 Å². The Labute approximate surface area is 204 Å². The SMILES string of the molecule is CCOCCCn1c(C)nc2c(c1=O)c1nc3ccccc3nc1n2-c1ccc(C(C)CC)cc1. The summed E-state index contributed by atoms with van der Waals surface area (Å²) in [6.07, 6.45) is 1.82.